The Morgan fingerprint density at radius 2 is 1.86 bits per heavy atom. The number of sulfonamides is 1. The number of piperazine rings is 1. The Bertz CT molecular complexity index is 789. The lowest BCUT2D eigenvalue weighted by Gasteiger charge is -2.33. The van der Waals surface area contributed by atoms with Gasteiger partial charge in [0, 0.05) is 33.2 Å². The average Bonchev–Trinajstić information content (AvgIpc) is 2.81. The maximum Gasteiger partial charge on any atom is 0.243 e. The Balaban J connectivity index is 1.92. The minimum Gasteiger partial charge on any atom is -0.331 e. The highest BCUT2D eigenvalue weighted by Gasteiger charge is 2.28. The van der Waals surface area contributed by atoms with Gasteiger partial charge in [-0.1, -0.05) is 6.92 Å². The molecule has 0 saturated carbocycles. The second kappa shape index (κ2) is 5.64. The molecule has 3 rings (SSSR count). The standard InChI is InChI=1S/C15H22N4O2S/c1-4-18-7-9-19(10-8-18)22(20,21)13-5-6-15-14(11-13)16-12(2)17(15)3/h5-6,11H,4,7-10H2,1-3H3. The number of rotatable bonds is 3. The van der Waals surface area contributed by atoms with Gasteiger partial charge in [0.2, 0.25) is 10.0 Å². The van der Waals surface area contributed by atoms with Crippen LogP contribution in [-0.2, 0) is 17.1 Å². The van der Waals surface area contributed by atoms with Crippen molar-refractivity contribution in [1.29, 1.82) is 0 Å². The van der Waals surface area contributed by atoms with Crippen molar-refractivity contribution in [1.82, 2.24) is 18.8 Å². The summed E-state index contributed by atoms with van der Waals surface area (Å²) < 4.78 is 29.1. The van der Waals surface area contributed by atoms with Gasteiger partial charge in [-0.2, -0.15) is 4.31 Å². The summed E-state index contributed by atoms with van der Waals surface area (Å²) in [7, 11) is -1.50. The number of hydrogen-bond donors (Lipinski definition) is 0. The smallest absolute Gasteiger partial charge is 0.243 e. The van der Waals surface area contributed by atoms with Gasteiger partial charge >= 0.3 is 0 Å². The zero-order valence-corrected chi connectivity index (χ0v) is 14.1. The van der Waals surface area contributed by atoms with Crippen molar-refractivity contribution in [2.75, 3.05) is 32.7 Å². The molecule has 2 heterocycles. The predicted octanol–water partition coefficient (Wildman–Crippen LogP) is 1.21. The third-order valence-corrected chi connectivity index (χ3v) is 6.39. The summed E-state index contributed by atoms with van der Waals surface area (Å²) in [5.41, 5.74) is 1.68. The van der Waals surface area contributed by atoms with E-state index in [1.165, 1.54) is 0 Å². The van der Waals surface area contributed by atoms with Crippen molar-refractivity contribution in [2.45, 2.75) is 18.7 Å². The number of fused-ring (bicyclic) bond motifs is 1. The molecule has 1 aromatic heterocycles. The molecular weight excluding hydrogens is 300 g/mol. The molecule has 0 bridgehead atoms. The van der Waals surface area contributed by atoms with Gasteiger partial charge in [-0.05, 0) is 31.7 Å². The fourth-order valence-corrected chi connectivity index (χ4v) is 4.34. The van der Waals surface area contributed by atoms with Gasteiger partial charge in [-0.3, -0.25) is 0 Å². The Morgan fingerprint density at radius 3 is 2.50 bits per heavy atom. The Hall–Kier alpha value is -1.44. The molecule has 0 atom stereocenters. The van der Waals surface area contributed by atoms with Crippen LogP contribution in [0, 0.1) is 6.92 Å². The molecule has 7 heteroatoms. The summed E-state index contributed by atoms with van der Waals surface area (Å²) in [6.07, 6.45) is 0. The van der Waals surface area contributed by atoms with Crippen LogP contribution in [0.3, 0.4) is 0 Å². The van der Waals surface area contributed by atoms with E-state index in [1.54, 1.807) is 16.4 Å². The summed E-state index contributed by atoms with van der Waals surface area (Å²) >= 11 is 0. The highest BCUT2D eigenvalue weighted by Crippen LogP contribution is 2.23. The van der Waals surface area contributed by atoms with Crippen molar-refractivity contribution in [2.24, 2.45) is 7.05 Å². The zero-order valence-electron chi connectivity index (χ0n) is 13.3. The maximum atomic E-state index is 12.8. The molecule has 1 fully saturated rings. The van der Waals surface area contributed by atoms with Crippen molar-refractivity contribution in [3.05, 3.63) is 24.0 Å². The maximum absolute atomic E-state index is 12.8. The number of aromatic nitrogens is 2. The number of aryl methyl sites for hydroxylation is 2. The number of likely N-dealkylation sites (N-methyl/N-ethyl adjacent to an activating group) is 1. The van der Waals surface area contributed by atoms with Crippen LogP contribution in [-0.4, -0.2) is 59.9 Å². The second-order valence-corrected chi connectivity index (χ2v) is 7.64. The molecule has 1 aliphatic rings. The first kappa shape index (κ1) is 15.5. The SMILES string of the molecule is CCN1CCN(S(=O)(=O)c2ccc3c(c2)nc(C)n3C)CC1. The minimum atomic E-state index is -3.43. The van der Waals surface area contributed by atoms with E-state index in [0.717, 1.165) is 36.5 Å². The van der Waals surface area contributed by atoms with Crippen molar-refractivity contribution in [3.63, 3.8) is 0 Å². The van der Waals surface area contributed by atoms with Crippen molar-refractivity contribution < 1.29 is 8.42 Å². The molecule has 0 N–H and O–H groups in total. The topological polar surface area (TPSA) is 58.4 Å². The molecule has 1 saturated heterocycles. The van der Waals surface area contributed by atoms with Crippen LogP contribution in [0.25, 0.3) is 11.0 Å². The molecule has 2 aromatic rings. The van der Waals surface area contributed by atoms with Gasteiger partial charge in [-0.15, -0.1) is 0 Å². The molecule has 1 aromatic carbocycles. The molecule has 120 valence electrons. The summed E-state index contributed by atoms with van der Waals surface area (Å²) in [5.74, 6) is 0.876. The van der Waals surface area contributed by atoms with Crippen molar-refractivity contribution in [3.8, 4) is 0 Å². The summed E-state index contributed by atoms with van der Waals surface area (Å²) in [6.45, 7) is 7.67. The van der Waals surface area contributed by atoms with Crippen LogP contribution >= 0.6 is 0 Å². The lowest BCUT2D eigenvalue weighted by Crippen LogP contribution is -2.48. The predicted molar refractivity (Wildman–Crippen MR) is 86.3 cm³/mol. The average molecular weight is 322 g/mol. The summed E-state index contributed by atoms with van der Waals surface area (Å²) in [6, 6.07) is 5.21. The van der Waals surface area contributed by atoms with E-state index in [0.29, 0.717) is 18.0 Å². The molecule has 1 aliphatic heterocycles. The normalized spacial score (nSPS) is 18.1. The van der Waals surface area contributed by atoms with E-state index < -0.39 is 10.0 Å². The van der Waals surface area contributed by atoms with E-state index >= 15 is 0 Å². The van der Waals surface area contributed by atoms with Gasteiger partial charge in [0.05, 0.1) is 15.9 Å². The van der Waals surface area contributed by atoms with Gasteiger partial charge in [0.15, 0.2) is 0 Å². The number of benzene rings is 1. The van der Waals surface area contributed by atoms with Crippen LogP contribution in [0.15, 0.2) is 23.1 Å². The molecule has 22 heavy (non-hydrogen) atoms. The van der Waals surface area contributed by atoms with Crippen LogP contribution in [0.1, 0.15) is 12.7 Å². The van der Waals surface area contributed by atoms with Gasteiger partial charge < -0.3 is 9.47 Å². The Labute approximate surface area is 131 Å². The van der Waals surface area contributed by atoms with Crippen LogP contribution < -0.4 is 0 Å². The Morgan fingerprint density at radius 1 is 1.18 bits per heavy atom. The van der Waals surface area contributed by atoms with Crippen LogP contribution in [0.4, 0.5) is 0 Å². The number of nitrogens with zero attached hydrogens (tertiary/aromatic N) is 4. The third-order valence-electron chi connectivity index (χ3n) is 4.49. The molecule has 0 radical (unpaired) electrons. The second-order valence-electron chi connectivity index (χ2n) is 5.71. The first-order valence-corrected chi connectivity index (χ1v) is 9.03. The highest BCUT2D eigenvalue weighted by atomic mass is 32.2. The molecule has 0 aliphatic carbocycles. The van der Waals surface area contributed by atoms with Crippen molar-refractivity contribution >= 4 is 21.1 Å². The quantitative estimate of drug-likeness (QED) is 0.852. The fraction of sp³-hybridized carbons (Fsp3) is 0.533. The van der Waals surface area contributed by atoms with Crippen LogP contribution in [0.5, 0.6) is 0 Å². The minimum absolute atomic E-state index is 0.336. The first-order chi connectivity index (χ1) is 10.4. The van der Waals surface area contributed by atoms with E-state index in [9.17, 15) is 8.42 Å². The van der Waals surface area contributed by atoms with Gasteiger partial charge in [0.25, 0.3) is 0 Å². The van der Waals surface area contributed by atoms with E-state index in [4.69, 9.17) is 0 Å². The van der Waals surface area contributed by atoms with Gasteiger partial charge in [0.1, 0.15) is 5.82 Å². The largest absolute Gasteiger partial charge is 0.331 e. The first-order valence-electron chi connectivity index (χ1n) is 7.59. The summed E-state index contributed by atoms with van der Waals surface area (Å²) in [5, 5.41) is 0. The lowest BCUT2D eigenvalue weighted by atomic mass is 10.3. The summed E-state index contributed by atoms with van der Waals surface area (Å²) in [4.78, 5) is 7.03. The Kier molecular flexibility index (Phi) is 3.96. The van der Waals surface area contributed by atoms with Crippen LogP contribution in [0.2, 0.25) is 0 Å². The zero-order chi connectivity index (χ0) is 15.9. The number of hydrogen-bond acceptors (Lipinski definition) is 4. The lowest BCUT2D eigenvalue weighted by molar-refractivity contribution is 0.196. The van der Waals surface area contributed by atoms with Gasteiger partial charge in [-0.25, -0.2) is 13.4 Å². The van der Waals surface area contributed by atoms with E-state index in [1.807, 2.05) is 24.6 Å². The van der Waals surface area contributed by atoms with E-state index in [2.05, 4.69) is 16.8 Å². The third kappa shape index (κ3) is 2.53. The monoisotopic (exact) mass is 322 g/mol. The molecule has 0 unspecified atom stereocenters. The highest BCUT2D eigenvalue weighted by molar-refractivity contribution is 7.89. The molecule has 0 amide bonds. The van der Waals surface area contributed by atoms with E-state index in [-0.39, 0.29) is 0 Å². The molecular formula is C15H22N4O2S. The molecule has 0 spiro atoms. The molecule has 6 nitrogen and oxygen atoms in total. The fourth-order valence-electron chi connectivity index (χ4n) is 2.90. The number of imidazole rings is 1.